The van der Waals surface area contributed by atoms with Crippen molar-refractivity contribution in [2.24, 2.45) is 40.4 Å². The van der Waals surface area contributed by atoms with Crippen molar-refractivity contribution in [2.45, 2.75) is 104 Å². The number of ether oxygens (including phenoxy) is 3. The van der Waals surface area contributed by atoms with Crippen molar-refractivity contribution < 1.29 is 52.8 Å². The third kappa shape index (κ3) is 6.15. The molecule has 0 radical (unpaired) electrons. The molecule has 12 atom stereocenters. The first kappa shape index (κ1) is 41.4. The maximum atomic E-state index is 14.6. The number of hydrogen-bond donors (Lipinski definition) is 2. The number of carbonyl (C=O) groups is 5. The molecule has 2 bridgehead atoms. The molecular formula is C47H54O11. The van der Waals surface area contributed by atoms with Crippen LogP contribution < -0.4 is 0 Å². The number of benzene rings is 2. The Hall–Kier alpha value is -4.71. The van der Waals surface area contributed by atoms with Crippen LogP contribution in [0.3, 0.4) is 0 Å². The van der Waals surface area contributed by atoms with E-state index in [1.54, 1.807) is 25.1 Å². The molecule has 308 valence electrons. The lowest BCUT2D eigenvalue weighted by molar-refractivity contribution is -0.339. The van der Waals surface area contributed by atoms with Crippen LogP contribution >= 0.6 is 0 Å². The smallest absolute Gasteiger partial charge is 0.374 e. The van der Waals surface area contributed by atoms with Crippen LogP contribution in [0.15, 0.2) is 94.6 Å². The van der Waals surface area contributed by atoms with Gasteiger partial charge in [0.15, 0.2) is 11.4 Å². The Bertz CT molecular complexity index is 2120. The lowest BCUT2D eigenvalue weighted by atomic mass is 9.42. The zero-order valence-electron chi connectivity index (χ0n) is 34.4. The van der Waals surface area contributed by atoms with E-state index in [1.807, 2.05) is 90.1 Å². The summed E-state index contributed by atoms with van der Waals surface area (Å²) >= 11 is 0. The zero-order valence-corrected chi connectivity index (χ0v) is 34.4. The van der Waals surface area contributed by atoms with E-state index in [0.29, 0.717) is 23.1 Å². The Morgan fingerprint density at radius 1 is 0.897 bits per heavy atom. The Labute approximate surface area is 339 Å². The lowest BCUT2D eigenvalue weighted by Crippen LogP contribution is -2.80. The maximum Gasteiger partial charge on any atom is 0.374 e. The van der Waals surface area contributed by atoms with Crippen LogP contribution in [0.4, 0.5) is 0 Å². The molecule has 3 saturated carbocycles. The van der Waals surface area contributed by atoms with E-state index < -0.39 is 70.0 Å². The molecule has 1 saturated heterocycles. The summed E-state index contributed by atoms with van der Waals surface area (Å²) in [4.78, 5) is 65.3. The number of carbonyl (C=O) groups excluding carboxylic acids is 5. The normalized spacial score (nSPS) is 37.2. The summed E-state index contributed by atoms with van der Waals surface area (Å²) in [5.74, 6) is -3.96. The molecule has 0 spiro atoms. The average Bonchev–Trinajstić information content (AvgIpc) is 3.74. The molecule has 58 heavy (non-hydrogen) atoms. The number of esters is 2. The quantitative estimate of drug-likeness (QED) is 0.118. The van der Waals surface area contributed by atoms with Gasteiger partial charge in [-0.15, -0.1) is 0 Å². The van der Waals surface area contributed by atoms with E-state index in [1.165, 1.54) is 19.3 Å². The van der Waals surface area contributed by atoms with E-state index in [2.05, 4.69) is 0 Å². The number of aliphatic hydroxyl groups excluding tert-OH is 1. The first-order valence-electron chi connectivity index (χ1n) is 20.2. The van der Waals surface area contributed by atoms with Gasteiger partial charge in [-0.2, -0.15) is 0 Å². The Kier molecular flexibility index (Phi) is 10.6. The number of ketones is 3. The van der Waals surface area contributed by atoms with Crippen LogP contribution in [0.1, 0.15) is 101 Å². The lowest BCUT2D eigenvalue weighted by Gasteiger charge is -2.68. The van der Waals surface area contributed by atoms with Gasteiger partial charge >= 0.3 is 11.9 Å². The van der Waals surface area contributed by atoms with Crippen molar-refractivity contribution in [3.05, 3.63) is 107 Å². The van der Waals surface area contributed by atoms with E-state index in [-0.39, 0.29) is 53.9 Å². The number of aliphatic hydroxyl groups is 2. The molecular weight excluding hydrogens is 741 g/mol. The van der Waals surface area contributed by atoms with Crippen LogP contribution in [0.2, 0.25) is 0 Å². The number of Topliss-reactive ketones (excluding diaryl/α,β-unsaturated/α-hetero) is 3. The molecule has 1 aromatic heterocycles. The third-order valence-electron chi connectivity index (χ3n) is 14.6. The second-order valence-corrected chi connectivity index (χ2v) is 17.8. The van der Waals surface area contributed by atoms with Gasteiger partial charge in [0, 0.05) is 47.5 Å². The van der Waals surface area contributed by atoms with Gasteiger partial charge in [0.2, 0.25) is 5.76 Å². The number of hydrogen-bond acceptors (Lipinski definition) is 11. The fourth-order valence-corrected chi connectivity index (χ4v) is 11.3. The fraction of sp³-hybridized carbons (Fsp3) is 0.511. The standard InChI is InChI=1S/C29H38O9.C18H16O2/c1-14-11-20-28(13-36-20,38-17(4)30)22-24(37-25(33)19-9-8-10-35-19)29(34)12-18(31)15(2)21(26(29,5)6)16(3)23(32)27(14,22)7;1-12-15(13-8-4-2-5-9-13)16(17(12)19)18(20)14-10-6-3-7-11-14/h8-10,14,16,18,20,22,24,31,34H,11-13H2,1-7H3;2-12,15-16H,1H3/t14-,16+,18-,20+,22?,24-,27+,28-,29+;12-,15-,16?/m01/s1. The highest BCUT2D eigenvalue weighted by Gasteiger charge is 2.76. The van der Waals surface area contributed by atoms with E-state index in [0.717, 1.165) is 5.56 Å². The summed E-state index contributed by atoms with van der Waals surface area (Å²) in [7, 11) is 0. The average molecular weight is 795 g/mol. The van der Waals surface area contributed by atoms with Crippen LogP contribution in [0.5, 0.6) is 0 Å². The maximum absolute atomic E-state index is 14.6. The third-order valence-corrected chi connectivity index (χ3v) is 14.6. The van der Waals surface area contributed by atoms with Crippen LogP contribution in [-0.2, 0) is 28.6 Å². The van der Waals surface area contributed by atoms with Gasteiger partial charge in [-0.05, 0) is 48.1 Å². The van der Waals surface area contributed by atoms with Crippen molar-refractivity contribution in [1.82, 2.24) is 0 Å². The highest BCUT2D eigenvalue weighted by atomic mass is 16.6. The highest BCUT2D eigenvalue weighted by molar-refractivity contribution is 6.15. The first-order chi connectivity index (χ1) is 27.3. The fourth-order valence-electron chi connectivity index (χ4n) is 11.3. The van der Waals surface area contributed by atoms with E-state index in [9.17, 15) is 34.2 Å². The second-order valence-electron chi connectivity index (χ2n) is 17.8. The minimum atomic E-state index is -1.82. The molecule has 11 nitrogen and oxygen atoms in total. The molecule has 3 aromatic rings. The number of rotatable bonds is 6. The van der Waals surface area contributed by atoms with Crippen LogP contribution in [-0.4, -0.2) is 75.6 Å². The van der Waals surface area contributed by atoms with Gasteiger partial charge in [-0.1, -0.05) is 102 Å². The molecule has 4 aliphatic carbocycles. The van der Waals surface area contributed by atoms with Gasteiger partial charge in [-0.3, -0.25) is 19.2 Å². The Morgan fingerprint density at radius 2 is 1.53 bits per heavy atom. The van der Waals surface area contributed by atoms with Crippen LogP contribution in [0, 0.1) is 40.4 Å². The van der Waals surface area contributed by atoms with E-state index in [4.69, 9.17) is 18.6 Å². The van der Waals surface area contributed by atoms with Crippen molar-refractivity contribution in [2.75, 3.05) is 6.61 Å². The molecule has 11 heteroatoms. The summed E-state index contributed by atoms with van der Waals surface area (Å²) in [5, 5.41) is 23.9. The topological polar surface area (TPSA) is 167 Å². The SMILES string of the molecule is CC(=O)O[C@@]12CO[C@@H]1C[C@H](C)[C@@]1(C)C(=O)[C@H](C)C3=C(C)[C@@H](O)C[C@@](O)([C@@H](OC(=O)c4ccco4)C12)C3(C)C.C[C@H]1C(=O)C(C(=O)c2ccccc2)[C@H]1c1ccccc1. The Morgan fingerprint density at radius 3 is 2.10 bits per heavy atom. The summed E-state index contributed by atoms with van der Waals surface area (Å²) in [6.07, 6.45) is -1.27. The molecule has 2 aromatic carbocycles. The largest absolute Gasteiger partial charge is 0.457 e. The molecule has 1 aliphatic heterocycles. The summed E-state index contributed by atoms with van der Waals surface area (Å²) in [5.41, 5.74) is -2.39. The van der Waals surface area contributed by atoms with Gasteiger partial charge in [0.05, 0.1) is 30.8 Å². The molecule has 5 aliphatic rings. The number of fused-ring (bicyclic) bond motifs is 5. The van der Waals surface area contributed by atoms with Gasteiger partial charge < -0.3 is 28.8 Å². The van der Waals surface area contributed by atoms with Crippen LogP contribution in [0.25, 0.3) is 0 Å². The van der Waals surface area contributed by atoms with Gasteiger partial charge in [-0.25, -0.2) is 4.79 Å². The molecule has 2 unspecified atom stereocenters. The Balaban J connectivity index is 0.000000214. The van der Waals surface area contributed by atoms with Gasteiger partial charge in [0.25, 0.3) is 0 Å². The first-order valence-corrected chi connectivity index (χ1v) is 20.2. The molecule has 4 fully saturated rings. The second kappa shape index (κ2) is 14.8. The summed E-state index contributed by atoms with van der Waals surface area (Å²) in [6.45, 7) is 14.2. The zero-order chi connectivity index (χ0) is 42.1. The van der Waals surface area contributed by atoms with E-state index >= 15 is 0 Å². The molecule has 2 heterocycles. The minimum absolute atomic E-state index is 0.00146. The van der Waals surface area contributed by atoms with Crippen molar-refractivity contribution in [3.63, 3.8) is 0 Å². The monoisotopic (exact) mass is 794 g/mol. The summed E-state index contributed by atoms with van der Waals surface area (Å²) < 4.78 is 23.4. The van der Waals surface area contributed by atoms with Crippen molar-refractivity contribution in [3.8, 4) is 0 Å². The van der Waals surface area contributed by atoms with Crippen molar-refractivity contribution >= 4 is 29.3 Å². The number of furan rings is 1. The minimum Gasteiger partial charge on any atom is -0.457 e. The molecule has 8 rings (SSSR count). The molecule has 2 N–H and O–H groups in total. The molecule has 0 amide bonds. The summed E-state index contributed by atoms with van der Waals surface area (Å²) in [6, 6.07) is 22.0. The highest BCUT2D eigenvalue weighted by Crippen LogP contribution is 2.66. The predicted molar refractivity (Wildman–Crippen MR) is 211 cm³/mol. The predicted octanol–water partition coefficient (Wildman–Crippen LogP) is 6.71. The van der Waals surface area contributed by atoms with Gasteiger partial charge in [0.1, 0.15) is 29.4 Å². The van der Waals surface area contributed by atoms with Crippen molar-refractivity contribution in [1.29, 1.82) is 0 Å².